The molecule has 0 spiro atoms. The molecule has 0 fully saturated rings. The van der Waals surface area contributed by atoms with Crippen LogP contribution in [0.5, 0.6) is 0 Å². The average molecular weight is 754 g/mol. The van der Waals surface area contributed by atoms with Crippen molar-refractivity contribution in [1.29, 1.82) is 0 Å². The summed E-state index contributed by atoms with van der Waals surface area (Å²) in [6, 6.07) is 6.06. The van der Waals surface area contributed by atoms with Crippen LogP contribution in [0.3, 0.4) is 0 Å². The molecule has 0 saturated heterocycles. The molecular formula is C31H37Cl2F3N4O6S2. The van der Waals surface area contributed by atoms with Crippen molar-refractivity contribution in [2.75, 3.05) is 34.4 Å². The third-order valence-electron chi connectivity index (χ3n) is 8.08. The van der Waals surface area contributed by atoms with Gasteiger partial charge in [0.25, 0.3) is 15.9 Å². The van der Waals surface area contributed by atoms with Crippen LogP contribution in [0.4, 0.5) is 24.5 Å². The SMILES string of the molecule is CCN1C(=CC=Cc2n(CC)c3cc(Cl)c(C(F)(F)F)cc3[n+]2CCCCS(=O)(=O)O)N(CCCCS(=O)(=O)[O-])c2cc(C)c(Cl)cc21. The Hall–Kier alpha value is -2.82. The van der Waals surface area contributed by atoms with Crippen molar-refractivity contribution < 1.29 is 43.7 Å². The first-order valence-corrected chi connectivity index (χ1v) is 19.3. The number of hydrogen-bond donors (Lipinski definition) is 1. The molecule has 10 nitrogen and oxygen atoms in total. The zero-order valence-corrected chi connectivity index (χ0v) is 29.7. The van der Waals surface area contributed by atoms with Gasteiger partial charge in [0.05, 0.1) is 50.9 Å². The van der Waals surface area contributed by atoms with Crippen molar-refractivity contribution in [1.82, 2.24) is 4.57 Å². The number of alkyl halides is 3. The second kappa shape index (κ2) is 15.0. The number of imidazole rings is 1. The zero-order valence-electron chi connectivity index (χ0n) is 26.6. The van der Waals surface area contributed by atoms with E-state index in [2.05, 4.69) is 0 Å². The highest BCUT2D eigenvalue weighted by Gasteiger charge is 2.36. The molecule has 2 aromatic carbocycles. The largest absolute Gasteiger partial charge is 0.748 e. The molecule has 2 heterocycles. The van der Waals surface area contributed by atoms with Crippen LogP contribution in [-0.2, 0) is 39.5 Å². The minimum Gasteiger partial charge on any atom is -0.748 e. The molecule has 1 aliphatic heterocycles. The van der Waals surface area contributed by atoms with Gasteiger partial charge in [-0.2, -0.15) is 21.6 Å². The first-order chi connectivity index (χ1) is 22.4. The van der Waals surface area contributed by atoms with E-state index < -0.39 is 48.5 Å². The molecule has 0 radical (unpaired) electrons. The summed E-state index contributed by atoms with van der Waals surface area (Å²) in [4.78, 5) is 4.04. The third-order valence-corrected chi connectivity index (χ3v) is 10.4. The van der Waals surface area contributed by atoms with Gasteiger partial charge < -0.3 is 14.4 Å². The molecule has 48 heavy (non-hydrogen) atoms. The van der Waals surface area contributed by atoms with Gasteiger partial charge in [0.15, 0.2) is 11.0 Å². The van der Waals surface area contributed by atoms with E-state index in [1.807, 2.05) is 53.3 Å². The molecule has 0 saturated carbocycles. The van der Waals surface area contributed by atoms with E-state index in [4.69, 9.17) is 23.2 Å². The Kier molecular flexibility index (Phi) is 11.8. The Balaban J connectivity index is 1.80. The fourth-order valence-corrected chi connectivity index (χ4v) is 7.44. The number of aromatic nitrogens is 2. The fraction of sp³-hybridized carbons (Fsp3) is 0.452. The minimum atomic E-state index is -4.70. The number of allylic oxidation sites excluding steroid dienone is 2. The van der Waals surface area contributed by atoms with Crippen molar-refractivity contribution in [3.8, 4) is 0 Å². The second-order valence-corrected chi connectivity index (χ2v) is 15.3. The van der Waals surface area contributed by atoms with Gasteiger partial charge in [-0.15, -0.1) is 0 Å². The summed E-state index contributed by atoms with van der Waals surface area (Å²) in [6.45, 7) is 7.17. The molecule has 264 valence electrons. The maximum Gasteiger partial charge on any atom is 0.418 e. The van der Waals surface area contributed by atoms with Crippen molar-refractivity contribution in [2.24, 2.45) is 0 Å². The predicted molar refractivity (Wildman–Crippen MR) is 181 cm³/mol. The summed E-state index contributed by atoms with van der Waals surface area (Å²) in [5, 5.41) is 0.121. The molecule has 1 aromatic heterocycles. The van der Waals surface area contributed by atoms with Gasteiger partial charge in [0.1, 0.15) is 5.82 Å². The average Bonchev–Trinajstić information content (AvgIpc) is 3.41. The normalized spacial score (nSPS) is 15.1. The van der Waals surface area contributed by atoms with Crippen LogP contribution >= 0.6 is 23.2 Å². The van der Waals surface area contributed by atoms with E-state index in [9.17, 15) is 39.1 Å². The van der Waals surface area contributed by atoms with E-state index in [0.717, 1.165) is 28.8 Å². The Bertz CT molecular complexity index is 1960. The summed E-state index contributed by atoms with van der Waals surface area (Å²) in [5.74, 6) is 0.327. The summed E-state index contributed by atoms with van der Waals surface area (Å²) < 4.78 is 110. The van der Waals surface area contributed by atoms with Gasteiger partial charge in [0.2, 0.25) is 0 Å². The number of anilines is 2. The molecule has 1 aliphatic rings. The maximum absolute atomic E-state index is 13.9. The Morgan fingerprint density at radius 3 is 2.19 bits per heavy atom. The number of fused-ring (bicyclic) bond motifs is 2. The molecule has 0 aliphatic carbocycles. The minimum absolute atomic E-state index is 0.0891. The molecule has 0 unspecified atom stereocenters. The quantitative estimate of drug-likeness (QED) is 0.109. The lowest BCUT2D eigenvalue weighted by Gasteiger charge is -2.24. The van der Waals surface area contributed by atoms with Crippen LogP contribution in [0.25, 0.3) is 17.1 Å². The molecule has 0 atom stereocenters. The summed E-state index contributed by atoms with van der Waals surface area (Å²) >= 11 is 12.6. The number of nitrogens with zero attached hydrogens (tertiary/aromatic N) is 4. The van der Waals surface area contributed by atoms with Gasteiger partial charge in [-0.25, -0.2) is 17.6 Å². The standard InChI is InChI=1S/C31H37Cl2F3N4O6S2/c1-4-37-27-19-23(32)21(3)17-25(27)39(13-6-8-15-47(41,42)43)29(37)11-10-12-30-38(5-2)28-20-24(33)22(31(34,35)36)18-26(28)40(30)14-7-9-16-48(44,45)46/h10-12,17-20H,4-9,13-16H2,1-3H3,(H-,41,42,43,44,45,46). The molecule has 1 N–H and O–H groups in total. The third kappa shape index (κ3) is 8.85. The highest BCUT2D eigenvalue weighted by molar-refractivity contribution is 7.85. The first kappa shape index (κ1) is 38.0. The lowest BCUT2D eigenvalue weighted by molar-refractivity contribution is -0.674. The fourth-order valence-electron chi connectivity index (χ4n) is 5.89. The van der Waals surface area contributed by atoms with Crippen LogP contribution < -0.4 is 14.4 Å². The van der Waals surface area contributed by atoms with Crippen molar-refractivity contribution in [2.45, 2.75) is 65.7 Å². The summed E-state index contributed by atoms with van der Waals surface area (Å²) in [6.07, 6.45) is 1.58. The van der Waals surface area contributed by atoms with Crippen LogP contribution in [0.15, 0.2) is 42.2 Å². The van der Waals surface area contributed by atoms with Crippen molar-refractivity contribution in [3.05, 3.63) is 69.2 Å². The Morgan fingerprint density at radius 1 is 0.917 bits per heavy atom. The van der Waals surface area contributed by atoms with Crippen LogP contribution in [0.2, 0.25) is 10.0 Å². The molecular weight excluding hydrogens is 716 g/mol. The number of hydrogen-bond acceptors (Lipinski definition) is 7. The van der Waals surface area contributed by atoms with Crippen molar-refractivity contribution in [3.63, 3.8) is 0 Å². The second-order valence-electron chi connectivity index (χ2n) is 11.4. The molecule has 0 bridgehead atoms. The van der Waals surface area contributed by atoms with Gasteiger partial charge >= 0.3 is 6.18 Å². The number of halogens is 5. The van der Waals surface area contributed by atoms with E-state index in [-0.39, 0.29) is 31.3 Å². The maximum atomic E-state index is 13.9. The highest BCUT2D eigenvalue weighted by atomic mass is 35.5. The lowest BCUT2D eigenvalue weighted by atomic mass is 10.1. The Morgan fingerprint density at radius 2 is 1.58 bits per heavy atom. The zero-order chi connectivity index (χ0) is 35.6. The van der Waals surface area contributed by atoms with E-state index in [1.165, 1.54) is 6.07 Å². The molecule has 0 amide bonds. The highest BCUT2D eigenvalue weighted by Crippen LogP contribution is 2.44. The van der Waals surface area contributed by atoms with E-state index in [0.29, 0.717) is 42.4 Å². The summed E-state index contributed by atoms with van der Waals surface area (Å²) in [5.41, 5.74) is 2.27. The topological polar surface area (TPSA) is 127 Å². The van der Waals surface area contributed by atoms with Crippen molar-refractivity contribution >= 4 is 71.9 Å². The van der Waals surface area contributed by atoms with E-state index in [1.54, 1.807) is 16.7 Å². The Labute approximate surface area is 288 Å². The molecule has 17 heteroatoms. The first-order valence-electron chi connectivity index (χ1n) is 15.3. The van der Waals surface area contributed by atoms with Crippen LogP contribution in [0.1, 0.15) is 56.5 Å². The smallest absolute Gasteiger partial charge is 0.418 e. The number of unbranched alkanes of at least 4 members (excludes halogenated alkanes) is 2. The predicted octanol–water partition coefficient (Wildman–Crippen LogP) is 6.78. The monoisotopic (exact) mass is 752 g/mol. The van der Waals surface area contributed by atoms with Crippen LogP contribution in [-0.4, -0.2) is 55.1 Å². The van der Waals surface area contributed by atoms with Gasteiger partial charge in [-0.1, -0.05) is 29.3 Å². The number of rotatable bonds is 14. The van der Waals surface area contributed by atoms with Crippen LogP contribution in [0, 0.1) is 6.92 Å². The molecule has 3 aromatic rings. The van der Waals surface area contributed by atoms with Gasteiger partial charge in [0, 0.05) is 42.1 Å². The van der Waals surface area contributed by atoms with E-state index >= 15 is 0 Å². The van der Waals surface area contributed by atoms with Gasteiger partial charge in [-0.3, -0.25) is 4.55 Å². The number of benzene rings is 2. The summed E-state index contributed by atoms with van der Waals surface area (Å²) in [7, 11) is -8.57. The molecule has 4 rings (SSSR count). The van der Waals surface area contributed by atoms with Gasteiger partial charge in [-0.05, 0) is 70.2 Å². The lowest BCUT2D eigenvalue weighted by Crippen LogP contribution is -2.37. The number of aryl methyl sites for hydroxylation is 3.